The molecule has 2 nitrogen and oxygen atoms in total. The highest BCUT2D eigenvalue weighted by Gasteiger charge is 2.61. The van der Waals surface area contributed by atoms with Crippen LogP contribution in [0.2, 0.25) is 0 Å². The van der Waals surface area contributed by atoms with Gasteiger partial charge in [0.1, 0.15) is 5.60 Å². The summed E-state index contributed by atoms with van der Waals surface area (Å²) in [5.41, 5.74) is -4.29. The number of hydrogen-bond acceptors (Lipinski definition) is 2. The molecule has 2 aliphatic rings. The van der Waals surface area contributed by atoms with Crippen LogP contribution in [0.5, 0.6) is 0 Å². The monoisotopic (exact) mass is 306 g/mol. The third-order valence-corrected chi connectivity index (χ3v) is 6.18. The molecule has 2 fully saturated rings. The van der Waals surface area contributed by atoms with Gasteiger partial charge in [-0.25, -0.2) is 0 Å². The van der Waals surface area contributed by atoms with Crippen LogP contribution in [0.1, 0.15) is 60.3 Å². The van der Waals surface area contributed by atoms with Gasteiger partial charge in [0.15, 0.2) is 0 Å². The van der Waals surface area contributed by atoms with Crippen molar-refractivity contribution in [2.24, 2.45) is 22.7 Å². The minimum absolute atomic E-state index is 0.264. The summed E-state index contributed by atoms with van der Waals surface area (Å²) in [5, 5.41) is 0. The van der Waals surface area contributed by atoms with Crippen LogP contribution in [0.15, 0.2) is 0 Å². The van der Waals surface area contributed by atoms with Gasteiger partial charge in [0.05, 0.1) is 10.8 Å². The summed E-state index contributed by atoms with van der Waals surface area (Å²) in [6, 6.07) is 0. The average Bonchev–Trinajstić information content (AvgIpc) is 2.86. The Kier molecular flexibility index (Phi) is 3.66. The summed E-state index contributed by atoms with van der Waals surface area (Å²) >= 11 is 0. The molecule has 0 aromatic carbocycles. The van der Waals surface area contributed by atoms with Crippen molar-refractivity contribution in [2.45, 2.75) is 72.1 Å². The van der Waals surface area contributed by atoms with E-state index in [0.29, 0.717) is 5.92 Å². The topological polar surface area (TPSA) is 26.3 Å². The van der Waals surface area contributed by atoms with Gasteiger partial charge in [-0.3, -0.25) is 4.79 Å². The summed E-state index contributed by atoms with van der Waals surface area (Å²) in [4.78, 5) is 12.6. The van der Waals surface area contributed by atoms with Crippen molar-refractivity contribution in [2.75, 3.05) is 0 Å². The standard InChI is InChI=1S/C16H25F3O2/c1-13(2,16(17,18)19)14(3,4)21-12(20)15(5)9-10-6-7-11(15)8-10/h10-11H,6-9H2,1-5H3. The van der Waals surface area contributed by atoms with Crippen molar-refractivity contribution in [1.29, 1.82) is 0 Å². The molecule has 0 heterocycles. The van der Waals surface area contributed by atoms with Crippen LogP contribution in [0.4, 0.5) is 13.2 Å². The van der Waals surface area contributed by atoms with E-state index in [9.17, 15) is 18.0 Å². The number of halogens is 3. The predicted octanol–water partition coefficient (Wildman–Crippen LogP) is 4.72. The number of carbonyl (C=O) groups is 1. The summed E-state index contributed by atoms with van der Waals surface area (Å²) in [5.74, 6) is 0.336. The first-order chi connectivity index (χ1) is 9.31. The zero-order valence-corrected chi connectivity index (χ0v) is 13.4. The number of fused-ring (bicyclic) bond motifs is 2. The highest BCUT2D eigenvalue weighted by atomic mass is 19.4. The van der Waals surface area contributed by atoms with E-state index >= 15 is 0 Å². The number of alkyl halides is 3. The lowest BCUT2D eigenvalue weighted by atomic mass is 9.73. The molecule has 122 valence electrons. The Morgan fingerprint density at radius 2 is 1.71 bits per heavy atom. The van der Waals surface area contributed by atoms with Crippen molar-refractivity contribution < 1.29 is 22.7 Å². The van der Waals surface area contributed by atoms with Gasteiger partial charge in [0.2, 0.25) is 0 Å². The first-order valence-corrected chi connectivity index (χ1v) is 7.61. The third kappa shape index (κ3) is 2.46. The lowest BCUT2D eigenvalue weighted by Gasteiger charge is -2.44. The molecule has 0 aromatic heterocycles. The maximum atomic E-state index is 13.2. The van der Waals surface area contributed by atoms with Crippen LogP contribution in [0.25, 0.3) is 0 Å². The number of esters is 1. The molecule has 0 amide bonds. The SMILES string of the molecule is CC1(C(=O)OC(C)(C)C(C)(C)C(F)(F)F)CC2CCC1C2. The van der Waals surface area contributed by atoms with Crippen LogP contribution in [0.3, 0.4) is 0 Å². The van der Waals surface area contributed by atoms with Gasteiger partial charge >= 0.3 is 12.1 Å². The number of rotatable bonds is 3. The Balaban J connectivity index is 2.15. The normalized spacial score (nSPS) is 33.3. The van der Waals surface area contributed by atoms with E-state index < -0.39 is 28.6 Å². The predicted molar refractivity (Wildman–Crippen MR) is 73.6 cm³/mol. The van der Waals surface area contributed by atoms with Crippen molar-refractivity contribution in [3.05, 3.63) is 0 Å². The molecule has 0 aromatic rings. The minimum atomic E-state index is -4.42. The molecule has 0 spiro atoms. The molecular weight excluding hydrogens is 281 g/mol. The first-order valence-electron chi connectivity index (χ1n) is 7.61. The average molecular weight is 306 g/mol. The van der Waals surface area contributed by atoms with Gasteiger partial charge in [-0.2, -0.15) is 13.2 Å². The molecule has 0 radical (unpaired) electrons. The van der Waals surface area contributed by atoms with Crippen molar-refractivity contribution in [3.63, 3.8) is 0 Å². The number of carbonyl (C=O) groups excluding carboxylic acids is 1. The van der Waals surface area contributed by atoms with Crippen LogP contribution in [-0.4, -0.2) is 17.7 Å². The first kappa shape index (κ1) is 16.6. The van der Waals surface area contributed by atoms with Crippen LogP contribution >= 0.6 is 0 Å². The molecule has 3 unspecified atom stereocenters. The Morgan fingerprint density at radius 1 is 1.14 bits per heavy atom. The summed E-state index contributed by atoms with van der Waals surface area (Å²) < 4.78 is 45.0. The minimum Gasteiger partial charge on any atom is -0.458 e. The highest BCUT2D eigenvalue weighted by Crippen LogP contribution is 2.57. The summed E-state index contributed by atoms with van der Waals surface area (Å²) in [7, 11) is 0. The summed E-state index contributed by atoms with van der Waals surface area (Å²) in [6.07, 6.45) is -0.551. The van der Waals surface area contributed by atoms with Crippen LogP contribution in [-0.2, 0) is 9.53 Å². The molecule has 5 heteroatoms. The van der Waals surface area contributed by atoms with Gasteiger partial charge < -0.3 is 4.74 Å². The molecule has 0 aliphatic heterocycles. The molecule has 21 heavy (non-hydrogen) atoms. The van der Waals surface area contributed by atoms with Gasteiger partial charge in [0.25, 0.3) is 0 Å². The van der Waals surface area contributed by atoms with E-state index in [1.165, 1.54) is 13.8 Å². The zero-order valence-electron chi connectivity index (χ0n) is 13.4. The number of hydrogen-bond donors (Lipinski definition) is 0. The fraction of sp³-hybridized carbons (Fsp3) is 0.938. The van der Waals surface area contributed by atoms with E-state index in [4.69, 9.17) is 4.74 Å². The van der Waals surface area contributed by atoms with E-state index in [-0.39, 0.29) is 5.92 Å². The molecular formula is C16H25F3O2. The second-order valence-electron chi connectivity index (χ2n) is 8.02. The quantitative estimate of drug-likeness (QED) is 0.705. The van der Waals surface area contributed by atoms with Gasteiger partial charge in [-0.15, -0.1) is 0 Å². The smallest absolute Gasteiger partial charge is 0.397 e. The summed E-state index contributed by atoms with van der Waals surface area (Å²) in [6.45, 7) is 6.74. The van der Waals surface area contributed by atoms with Crippen molar-refractivity contribution in [1.82, 2.24) is 0 Å². The van der Waals surface area contributed by atoms with Crippen LogP contribution < -0.4 is 0 Å². The maximum absolute atomic E-state index is 13.2. The molecule has 2 aliphatic carbocycles. The molecule has 2 bridgehead atoms. The second kappa shape index (κ2) is 4.63. The van der Waals surface area contributed by atoms with E-state index in [0.717, 1.165) is 39.5 Å². The highest BCUT2D eigenvalue weighted by molar-refractivity contribution is 5.78. The van der Waals surface area contributed by atoms with Crippen molar-refractivity contribution in [3.8, 4) is 0 Å². The largest absolute Gasteiger partial charge is 0.458 e. The molecule has 2 saturated carbocycles. The van der Waals surface area contributed by atoms with Gasteiger partial charge in [0, 0.05) is 0 Å². The lowest BCUT2D eigenvalue weighted by molar-refractivity contribution is -0.271. The molecule has 0 saturated heterocycles. The van der Waals surface area contributed by atoms with E-state index in [1.54, 1.807) is 0 Å². The molecule has 2 rings (SSSR count). The Labute approximate surface area is 124 Å². The molecule has 0 N–H and O–H groups in total. The second-order valence-corrected chi connectivity index (χ2v) is 8.02. The van der Waals surface area contributed by atoms with Crippen molar-refractivity contribution >= 4 is 5.97 Å². The lowest BCUT2D eigenvalue weighted by Crippen LogP contribution is -2.53. The Bertz CT molecular complexity index is 439. The van der Waals surface area contributed by atoms with E-state index in [2.05, 4.69) is 0 Å². The fourth-order valence-corrected chi connectivity index (χ4v) is 3.67. The fourth-order valence-electron chi connectivity index (χ4n) is 3.67. The third-order valence-electron chi connectivity index (χ3n) is 6.18. The van der Waals surface area contributed by atoms with Gasteiger partial charge in [-0.1, -0.05) is 6.42 Å². The zero-order chi connectivity index (χ0) is 16.3. The maximum Gasteiger partial charge on any atom is 0.397 e. The van der Waals surface area contributed by atoms with Crippen LogP contribution in [0, 0.1) is 22.7 Å². The molecule has 3 atom stereocenters. The Hall–Kier alpha value is -0.740. The Morgan fingerprint density at radius 3 is 2.10 bits per heavy atom. The number of ether oxygens (including phenoxy) is 1. The van der Waals surface area contributed by atoms with Gasteiger partial charge in [-0.05, 0) is 65.7 Å². The van der Waals surface area contributed by atoms with E-state index in [1.807, 2.05) is 6.92 Å².